The molecule has 0 N–H and O–H groups in total. The Kier molecular flexibility index (Phi) is 5.56. The molecule has 1 aliphatic carbocycles. The molecule has 0 fully saturated rings. The van der Waals surface area contributed by atoms with Crippen LogP contribution < -0.4 is 0 Å². The van der Waals surface area contributed by atoms with Crippen molar-refractivity contribution >= 4 is 76.9 Å². The number of nitriles is 1. The van der Waals surface area contributed by atoms with Gasteiger partial charge in [0.2, 0.25) is 0 Å². The van der Waals surface area contributed by atoms with Gasteiger partial charge in [0.25, 0.3) is 0 Å². The highest BCUT2D eigenvalue weighted by atomic mass is 16.3. The fourth-order valence-electron chi connectivity index (χ4n) is 7.46. The van der Waals surface area contributed by atoms with Crippen LogP contribution in [0.1, 0.15) is 5.56 Å². The zero-order valence-corrected chi connectivity index (χ0v) is 25.7. The molecule has 4 heteroatoms. The third-order valence-electron chi connectivity index (χ3n) is 9.59. The Morgan fingerprint density at radius 3 is 2.06 bits per heavy atom. The molecule has 0 spiro atoms. The van der Waals surface area contributed by atoms with E-state index < -0.39 is 0 Å². The minimum atomic E-state index is 0.652. The van der Waals surface area contributed by atoms with Crippen LogP contribution in [-0.4, -0.2) is 9.13 Å². The molecule has 48 heavy (non-hydrogen) atoms. The van der Waals surface area contributed by atoms with Gasteiger partial charge >= 0.3 is 0 Å². The first-order valence-corrected chi connectivity index (χ1v) is 16.0. The molecule has 0 aliphatic heterocycles. The maximum atomic E-state index is 9.57. The van der Waals surface area contributed by atoms with Crippen molar-refractivity contribution in [3.8, 4) is 17.2 Å². The van der Waals surface area contributed by atoms with Crippen molar-refractivity contribution in [3.05, 3.63) is 163 Å². The number of allylic oxidation sites excluding steroid dienone is 5. The third kappa shape index (κ3) is 3.77. The van der Waals surface area contributed by atoms with Gasteiger partial charge in [-0.3, -0.25) is 0 Å². The van der Waals surface area contributed by atoms with Crippen molar-refractivity contribution in [2.24, 2.45) is 0 Å². The van der Waals surface area contributed by atoms with Crippen molar-refractivity contribution in [1.82, 2.24) is 9.13 Å². The molecule has 1 aliphatic rings. The van der Waals surface area contributed by atoms with Crippen LogP contribution in [-0.2, 0) is 0 Å². The minimum absolute atomic E-state index is 0.652. The van der Waals surface area contributed by atoms with Gasteiger partial charge in [-0.25, -0.2) is 0 Å². The topological polar surface area (TPSA) is 46.8 Å². The lowest BCUT2D eigenvalue weighted by Gasteiger charge is -2.10. The zero-order chi connectivity index (χ0) is 31.8. The maximum absolute atomic E-state index is 9.57. The number of nitrogens with zero attached hydrogens (tertiary/aromatic N) is 3. The molecule has 3 aromatic heterocycles. The van der Waals surface area contributed by atoms with E-state index in [9.17, 15) is 5.26 Å². The van der Waals surface area contributed by atoms with Crippen LogP contribution in [0.2, 0.25) is 0 Å². The van der Waals surface area contributed by atoms with Crippen molar-refractivity contribution < 1.29 is 4.42 Å². The highest BCUT2D eigenvalue weighted by Crippen LogP contribution is 2.40. The molecule has 9 aromatic rings. The molecule has 0 amide bonds. The summed E-state index contributed by atoms with van der Waals surface area (Å²) < 4.78 is 11.0. The Morgan fingerprint density at radius 1 is 0.562 bits per heavy atom. The Bertz CT molecular complexity index is 3000. The SMILES string of the molecule is N#Cc1ccc2c(c1)c1ccccc1n2C1=C=CC=C(n2c3ccccc3c3cc(-c4cccc5c4oc4ccccc45)ccc32)C=C1. The number of hydrogen-bond acceptors (Lipinski definition) is 2. The maximum Gasteiger partial charge on any atom is 0.143 e. The molecule has 4 nitrogen and oxygen atoms in total. The van der Waals surface area contributed by atoms with Crippen LogP contribution in [0, 0.1) is 11.3 Å². The largest absolute Gasteiger partial charge is 0.455 e. The number of aromatic nitrogens is 2. The summed E-state index contributed by atoms with van der Waals surface area (Å²) in [4.78, 5) is 0. The van der Waals surface area contributed by atoms with E-state index in [1.54, 1.807) is 0 Å². The summed E-state index contributed by atoms with van der Waals surface area (Å²) in [5.74, 6) is 0. The summed E-state index contributed by atoms with van der Waals surface area (Å²) >= 11 is 0. The van der Waals surface area contributed by atoms with E-state index in [0.29, 0.717) is 5.56 Å². The zero-order valence-electron chi connectivity index (χ0n) is 25.7. The summed E-state index contributed by atoms with van der Waals surface area (Å²) in [7, 11) is 0. The third-order valence-corrected chi connectivity index (χ3v) is 9.59. The first-order valence-electron chi connectivity index (χ1n) is 16.0. The second-order valence-electron chi connectivity index (χ2n) is 12.2. The number of furan rings is 1. The summed E-state index contributed by atoms with van der Waals surface area (Å²) in [5.41, 5.74) is 14.6. The van der Waals surface area contributed by atoms with Crippen LogP contribution in [0.25, 0.3) is 88.1 Å². The van der Waals surface area contributed by atoms with E-state index in [0.717, 1.165) is 77.3 Å². The lowest BCUT2D eigenvalue weighted by molar-refractivity contribution is 0.670. The van der Waals surface area contributed by atoms with Gasteiger partial charge in [0.1, 0.15) is 11.2 Å². The van der Waals surface area contributed by atoms with Gasteiger partial charge in [0.15, 0.2) is 0 Å². The Labute approximate surface area is 275 Å². The second kappa shape index (κ2) is 10.1. The molecule has 10 rings (SSSR count). The fraction of sp³-hybridized carbons (Fsp3) is 0. The van der Waals surface area contributed by atoms with Crippen molar-refractivity contribution in [3.63, 3.8) is 0 Å². The first kappa shape index (κ1) is 26.4. The number of benzene rings is 6. The monoisotopic (exact) mass is 611 g/mol. The Hall–Kier alpha value is -6.79. The number of para-hydroxylation sites is 4. The standard InChI is InChI=1S/C44H25N3O/c45-27-28-19-23-41-37(25-28)33-11-1-4-16-39(33)46(41)30-9-7-10-31(22-21-30)47-40-17-5-2-12-34(40)38-26-29(20-24-42(38)47)32-14-8-15-36-35-13-3-6-18-43(35)48-44(32)36/h1-8,10-26H. The molecule has 0 atom stereocenters. The molecule has 0 bridgehead atoms. The second-order valence-corrected chi connectivity index (χ2v) is 12.2. The van der Waals surface area contributed by atoms with E-state index in [1.165, 1.54) is 10.8 Å². The van der Waals surface area contributed by atoms with E-state index in [2.05, 4.69) is 130 Å². The molecular formula is C44H25N3O. The van der Waals surface area contributed by atoms with Gasteiger partial charge in [0, 0.05) is 43.6 Å². The Morgan fingerprint density at radius 2 is 1.23 bits per heavy atom. The van der Waals surface area contributed by atoms with Crippen molar-refractivity contribution in [2.45, 2.75) is 0 Å². The Balaban J connectivity index is 1.11. The van der Waals surface area contributed by atoms with E-state index in [1.807, 2.05) is 42.5 Å². The van der Waals surface area contributed by atoms with E-state index in [4.69, 9.17) is 4.42 Å². The molecule has 0 unspecified atom stereocenters. The number of fused-ring (bicyclic) bond motifs is 9. The first-order chi connectivity index (χ1) is 23.8. The fourth-order valence-corrected chi connectivity index (χ4v) is 7.46. The van der Waals surface area contributed by atoms with Gasteiger partial charge in [-0.1, -0.05) is 84.6 Å². The molecule has 0 radical (unpaired) electrons. The van der Waals surface area contributed by atoms with Gasteiger partial charge in [-0.05, 0) is 78.4 Å². The molecular weight excluding hydrogens is 587 g/mol. The van der Waals surface area contributed by atoms with Gasteiger partial charge in [-0.2, -0.15) is 5.26 Å². The summed E-state index contributed by atoms with van der Waals surface area (Å²) in [6.07, 6.45) is 8.44. The molecule has 0 saturated carbocycles. The predicted molar refractivity (Wildman–Crippen MR) is 198 cm³/mol. The highest BCUT2D eigenvalue weighted by Gasteiger charge is 2.18. The minimum Gasteiger partial charge on any atom is -0.455 e. The summed E-state index contributed by atoms with van der Waals surface area (Å²) in [5, 5.41) is 16.4. The lowest BCUT2D eigenvalue weighted by Crippen LogP contribution is -1.95. The average Bonchev–Trinajstić information content (AvgIpc) is 3.72. The molecule has 3 heterocycles. The van der Waals surface area contributed by atoms with E-state index >= 15 is 0 Å². The molecule has 0 saturated heterocycles. The number of hydrogen-bond donors (Lipinski definition) is 0. The van der Waals surface area contributed by atoms with Gasteiger partial charge in [0.05, 0.1) is 39.4 Å². The predicted octanol–water partition coefficient (Wildman–Crippen LogP) is 11.4. The van der Waals surface area contributed by atoms with Crippen LogP contribution in [0.3, 0.4) is 0 Å². The smallest absolute Gasteiger partial charge is 0.143 e. The molecule has 6 aromatic carbocycles. The van der Waals surface area contributed by atoms with Gasteiger partial charge in [-0.15, -0.1) is 0 Å². The van der Waals surface area contributed by atoms with Crippen LogP contribution in [0.5, 0.6) is 0 Å². The average molecular weight is 612 g/mol. The van der Waals surface area contributed by atoms with E-state index in [-0.39, 0.29) is 0 Å². The summed E-state index contributed by atoms with van der Waals surface area (Å²) in [6, 6.07) is 46.5. The molecule has 222 valence electrons. The van der Waals surface area contributed by atoms with Crippen LogP contribution >= 0.6 is 0 Å². The number of rotatable bonds is 3. The lowest BCUT2D eigenvalue weighted by atomic mass is 10.0. The quantitative estimate of drug-likeness (QED) is 0.187. The van der Waals surface area contributed by atoms with Crippen LogP contribution in [0.15, 0.2) is 162 Å². The van der Waals surface area contributed by atoms with Crippen LogP contribution in [0.4, 0.5) is 0 Å². The summed E-state index contributed by atoms with van der Waals surface area (Å²) in [6.45, 7) is 0. The van der Waals surface area contributed by atoms with Gasteiger partial charge < -0.3 is 13.6 Å². The van der Waals surface area contributed by atoms with Crippen molar-refractivity contribution in [1.29, 1.82) is 5.26 Å². The highest BCUT2D eigenvalue weighted by molar-refractivity contribution is 6.14. The normalized spacial score (nSPS) is 13.1. The van der Waals surface area contributed by atoms with Crippen molar-refractivity contribution in [2.75, 3.05) is 0 Å².